The molecule has 0 aliphatic heterocycles. The van der Waals surface area contributed by atoms with Gasteiger partial charge in [-0.15, -0.1) is 0 Å². The first-order chi connectivity index (χ1) is 6.27. The summed E-state index contributed by atoms with van der Waals surface area (Å²) >= 11 is 0. The molecule has 0 spiro atoms. The SMILES string of the molecule is CC/C=C\c1cc(C)ccc1CC. The Morgan fingerprint density at radius 1 is 1.23 bits per heavy atom. The van der Waals surface area contributed by atoms with Crippen molar-refractivity contribution in [3.05, 3.63) is 41.0 Å². The first kappa shape index (κ1) is 10.0. The van der Waals surface area contributed by atoms with Crippen LogP contribution >= 0.6 is 0 Å². The van der Waals surface area contributed by atoms with Gasteiger partial charge in [-0.25, -0.2) is 0 Å². The van der Waals surface area contributed by atoms with Gasteiger partial charge in [-0.1, -0.05) is 49.8 Å². The maximum absolute atomic E-state index is 2.25. The first-order valence-electron chi connectivity index (χ1n) is 5.04. The van der Waals surface area contributed by atoms with Crippen LogP contribution in [0.5, 0.6) is 0 Å². The number of allylic oxidation sites excluding steroid dienone is 1. The van der Waals surface area contributed by atoms with Gasteiger partial charge in [0.1, 0.15) is 0 Å². The fourth-order valence-electron chi connectivity index (χ4n) is 1.44. The Morgan fingerprint density at radius 2 is 2.00 bits per heavy atom. The van der Waals surface area contributed by atoms with Gasteiger partial charge in [0.2, 0.25) is 0 Å². The summed E-state index contributed by atoms with van der Waals surface area (Å²) in [5.74, 6) is 0. The van der Waals surface area contributed by atoms with Crippen LogP contribution in [-0.2, 0) is 6.42 Å². The summed E-state index contributed by atoms with van der Waals surface area (Å²) in [6, 6.07) is 6.66. The molecular formula is C13H18. The summed E-state index contributed by atoms with van der Waals surface area (Å²) in [6.45, 7) is 6.51. The number of hydrogen-bond acceptors (Lipinski definition) is 0. The van der Waals surface area contributed by atoms with Crippen molar-refractivity contribution >= 4 is 6.08 Å². The molecule has 0 N–H and O–H groups in total. The van der Waals surface area contributed by atoms with Gasteiger partial charge in [0.25, 0.3) is 0 Å². The Labute approximate surface area is 81.3 Å². The Morgan fingerprint density at radius 3 is 2.62 bits per heavy atom. The molecule has 0 nitrogen and oxygen atoms in total. The third kappa shape index (κ3) is 2.73. The van der Waals surface area contributed by atoms with Crippen molar-refractivity contribution in [2.45, 2.75) is 33.6 Å². The monoisotopic (exact) mass is 174 g/mol. The molecule has 1 aromatic carbocycles. The number of hydrogen-bond donors (Lipinski definition) is 0. The lowest BCUT2D eigenvalue weighted by Gasteiger charge is -2.04. The van der Waals surface area contributed by atoms with Crippen molar-refractivity contribution in [2.24, 2.45) is 0 Å². The zero-order valence-corrected chi connectivity index (χ0v) is 8.80. The van der Waals surface area contributed by atoms with Gasteiger partial charge in [0, 0.05) is 0 Å². The first-order valence-corrected chi connectivity index (χ1v) is 5.04. The second kappa shape index (κ2) is 4.86. The Kier molecular flexibility index (Phi) is 3.75. The predicted molar refractivity (Wildman–Crippen MR) is 59.9 cm³/mol. The second-order valence-corrected chi connectivity index (χ2v) is 3.37. The Balaban J connectivity index is 3.01. The maximum Gasteiger partial charge on any atom is -0.0225 e. The predicted octanol–water partition coefficient (Wildman–Crippen LogP) is 3.98. The van der Waals surface area contributed by atoms with Crippen LogP contribution in [0.4, 0.5) is 0 Å². The minimum Gasteiger partial charge on any atom is -0.0842 e. The third-order valence-electron chi connectivity index (χ3n) is 2.22. The molecule has 70 valence electrons. The highest BCUT2D eigenvalue weighted by atomic mass is 14.0. The van der Waals surface area contributed by atoms with Gasteiger partial charge >= 0.3 is 0 Å². The van der Waals surface area contributed by atoms with Crippen LogP contribution in [0.25, 0.3) is 6.08 Å². The molecule has 0 aromatic heterocycles. The zero-order chi connectivity index (χ0) is 9.68. The Hall–Kier alpha value is -1.04. The maximum atomic E-state index is 2.25. The third-order valence-corrected chi connectivity index (χ3v) is 2.22. The number of aryl methyl sites for hydroxylation is 2. The molecule has 0 unspecified atom stereocenters. The summed E-state index contributed by atoms with van der Waals surface area (Å²) in [5, 5.41) is 0. The van der Waals surface area contributed by atoms with Gasteiger partial charge < -0.3 is 0 Å². The van der Waals surface area contributed by atoms with Crippen LogP contribution < -0.4 is 0 Å². The van der Waals surface area contributed by atoms with Gasteiger partial charge in [-0.05, 0) is 30.9 Å². The van der Waals surface area contributed by atoms with E-state index in [4.69, 9.17) is 0 Å². The van der Waals surface area contributed by atoms with E-state index in [1.165, 1.54) is 16.7 Å². The van der Waals surface area contributed by atoms with Crippen LogP contribution in [0, 0.1) is 6.92 Å². The normalized spacial score (nSPS) is 11.0. The molecule has 0 atom stereocenters. The highest BCUT2D eigenvalue weighted by Crippen LogP contribution is 2.14. The molecule has 0 aliphatic carbocycles. The van der Waals surface area contributed by atoms with E-state index < -0.39 is 0 Å². The minimum absolute atomic E-state index is 1.11. The van der Waals surface area contributed by atoms with Crippen LogP contribution in [0.2, 0.25) is 0 Å². The molecule has 1 aromatic rings. The molecule has 0 heterocycles. The van der Waals surface area contributed by atoms with E-state index in [1.54, 1.807) is 0 Å². The molecule has 0 radical (unpaired) electrons. The van der Waals surface area contributed by atoms with Crippen molar-refractivity contribution in [1.82, 2.24) is 0 Å². The smallest absolute Gasteiger partial charge is 0.0225 e. The van der Waals surface area contributed by atoms with Gasteiger partial charge in [-0.3, -0.25) is 0 Å². The van der Waals surface area contributed by atoms with E-state index in [0.717, 1.165) is 12.8 Å². The fourth-order valence-corrected chi connectivity index (χ4v) is 1.44. The lowest BCUT2D eigenvalue weighted by Crippen LogP contribution is -1.86. The summed E-state index contributed by atoms with van der Waals surface area (Å²) in [4.78, 5) is 0. The molecule has 1 rings (SSSR count). The second-order valence-electron chi connectivity index (χ2n) is 3.37. The summed E-state index contributed by atoms with van der Waals surface area (Å²) < 4.78 is 0. The minimum atomic E-state index is 1.11. The van der Waals surface area contributed by atoms with Gasteiger partial charge in [0.05, 0.1) is 0 Å². The molecule has 0 amide bonds. The number of benzene rings is 1. The van der Waals surface area contributed by atoms with Gasteiger partial charge in [0.15, 0.2) is 0 Å². The summed E-state index contributed by atoms with van der Waals surface area (Å²) in [7, 11) is 0. The molecule has 0 bridgehead atoms. The van der Waals surface area contributed by atoms with E-state index in [2.05, 4.69) is 51.1 Å². The summed E-state index contributed by atoms with van der Waals surface area (Å²) in [6.07, 6.45) is 6.67. The lowest BCUT2D eigenvalue weighted by molar-refractivity contribution is 1.13. The lowest BCUT2D eigenvalue weighted by atomic mass is 10.0. The van der Waals surface area contributed by atoms with Crippen molar-refractivity contribution in [2.75, 3.05) is 0 Å². The molecule has 0 saturated carbocycles. The molecule has 0 saturated heterocycles. The molecule has 0 fully saturated rings. The highest BCUT2D eigenvalue weighted by Gasteiger charge is 1.96. The van der Waals surface area contributed by atoms with Crippen LogP contribution in [0.3, 0.4) is 0 Å². The van der Waals surface area contributed by atoms with Gasteiger partial charge in [-0.2, -0.15) is 0 Å². The molecule has 0 aliphatic rings. The van der Waals surface area contributed by atoms with Crippen molar-refractivity contribution in [3.63, 3.8) is 0 Å². The van der Waals surface area contributed by atoms with E-state index >= 15 is 0 Å². The number of rotatable bonds is 3. The van der Waals surface area contributed by atoms with E-state index in [-0.39, 0.29) is 0 Å². The Bertz CT molecular complexity index is 295. The standard InChI is InChI=1S/C13H18/c1-4-6-7-13-10-11(3)8-9-12(13)5-2/h6-10H,4-5H2,1-3H3/b7-6-. The van der Waals surface area contributed by atoms with Crippen LogP contribution in [-0.4, -0.2) is 0 Å². The average Bonchev–Trinajstić information content (AvgIpc) is 2.15. The molecular weight excluding hydrogens is 156 g/mol. The van der Waals surface area contributed by atoms with E-state index in [9.17, 15) is 0 Å². The van der Waals surface area contributed by atoms with Crippen molar-refractivity contribution in [3.8, 4) is 0 Å². The van der Waals surface area contributed by atoms with Crippen molar-refractivity contribution < 1.29 is 0 Å². The van der Waals surface area contributed by atoms with Crippen LogP contribution in [0.15, 0.2) is 24.3 Å². The highest BCUT2D eigenvalue weighted by molar-refractivity contribution is 5.54. The zero-order valence-electron chi connectivity index (χ0n) is 8.80. The molecule has 0 heteroatoms. The van der Waals surface area contributed by atoms with Crippen molar-refractivity contribution in [1.29, 1.82) is 0 Å². The quantitative estimate of drug-likeness (QED) is 0.650. The van der Waals surface area contributed by atoms with Crippen LogP contribution in [0.1, 0.15) is 37.0 Å². The largest absolute Gasteiger partial charge is 0.0842 e. The van der Waals surface area contributed by atoms with E-state index in [1.807, 2.05) is 0 Å². The summed E-state index contributed by atoms with van der Waals surface area (Å²) in [5.41, 5.74) is 4.16. The average molecular weight is 174 g/mol. The fraction of sp³-hybridized carbons (Fsp3) is 0.385. The topological polar surface area (TPSA) is 0 Å². The molecule has 13 heavy (non-hydrogen) atoms. The van der Waals surface area contributed by atoms with E-state index in [0.29, 0.717) is 0 Å².